The molecule has 0 atom stereocenters. The molecule has 2 aromatic carbocycles. The molecule has 0 aliphatic carbocycles. The van der Waals surface area contributed by atoms with E-state index in [1.807, 2.05) is 31.3 Å². The fourth-order valence-electron chi connectivity index (χ4n) is 2.14. The van der Waals surface area contributed by atoms with Crippen LogP contribution in [0, 0.1) is 0 Å². The van der Waals surface area contributed by atoms with Gasteiger partial charge >= 0.3 is 0 Å². The van der Waals surface area contributed by atoms with Gasteiger partial charge in [-0.05, 0) is 18.6 Å². The summed E-state index contributed by atoms with van der Waals surface area (Å²) in [6.07, 6.45) is 5.11. The smallest absolute Gasteiger partial charge is 0.0776 e. The van der Waals surface area contributed by atoms with Crippen LogP contribution in [0.1, 0.15) is 25.8 Å². The van der Waals surface area contributed by atoms with Gasteiger partial charge in [-0.3, -0.25) is 4.99 Å². The van der Waals surface area contributed by atoms with Gasteiger partial charge in [-0.15, -0.1) is 0 Å². The van der Waals surface area contributed by atoms with Gasteiger partial charge in [-0.1, -0.05) is 67.6 Å². The SMILES string of the molecule is CC=N/C(c1ccccc1)=c1/cccc/c1=C\CC. The molecular weight excluding hydrogens is 230 g/mol. The van der Waals surface area contributed by atoms with Crippen LogP contribution in [-0.2, 0) is 0 Å². The van der Waals surface area contributed by atoms with Crippen LogP contribution in [-0.4, -0.2) is 6.21 Å². The molecule has 0 saturated heterocycles. The van der Waals surface area contributed by atoms with Crippen LogP contribution in [0.4, 0.5) is 0 Å². The molecule has 0 spiro atoms. The van der Waals surface area contributed by atoms with Crippen molar-refractivity contribution in [3.63, 3.8) is 0 Å². The van der Waals surface area contributed by atoms with Crippen molar-refractivity contribution in [1.29, 1.82) is 0 Å². The molecule has 0 saturated carbocycles. The van der Waals surface area contributed by atoms with Crippen LogP contribution < -0.4 is 10.4 Å². The molecule has 0 bridgehead atoms. The fraction of sp³-hybridized carbons (Fsp3) is 0.167. The summed E-state index contributed by atoms with van der Waals surface area (Å²) in [6.45, 7) is 4.11. The summed E-state index contributed by atoms with van der Waals surface area (Å²) in [5.41, 5.74) is 2.18. The van der Waals surface area contributed by atoms with Crippen molar-refractivity contribution in [2.24, 2.45) is 4.99 Å². The summed E-state index contributed by atoms with van der Waals surface area (Å²) in [5, 5.41) is 2.43. The summed E-state index contributed by atoms with van der Waals surface area (Å²) < 4.78 is 0. The summed E-state index contributed by atoms with van der Waals surface area (Å²) in [6, 6.07) is 18.7. The third-order valence-corrected chi connectivity index (χ3v) is 2.95. The lowest BCUT2D eigenvalue weighted by molar-refractivity contribution is 1.27. The molecule has 0 N–H and O–H groups in total. The molecule has 1 heteroatoms. The lowest BCUT2D eigenvalue weighted by Gasteiger charge is -2.03. The van der Waals surface area contributed by atoms with Crippen LogP contribution in [0.2, 0.25) is 0 Å². The van der Waals surface area contributed by atoms with E-state index < -0.39 is 0 Å². The molecule has 0 amide bonds. The molecule has 1 nitrogen and oxygen atoms in total. The molecule has 0 aliphatic rings. The van der Waals surface area contributed by atoms with Crippen molar-refractivity contribution in [3.05, 3.63) is 70.6 Å². The standard InChI is InChI=1S/C18H19N/c1-3-10-15-11-8-9-14-17(15)18(19-4-2)16-12-6-5-7-13-16/h4-14H,3H2,1-2H3/b15-10+,18-17-,19-4?. The Morgan fingerprint density at radius 3 is 2.37 bits per heavy atom. The molecule has 0 unspecified atom stereocenters. The highest BCUT2D eigenvalue weighted by atomic mass is 14.7. The predicted octanol–water partition coefficient (Wildman–Crippen LogP) is 3.12. The van der Waals surface area contributed by atoms with E-state index in [0.29, 0.717) is 0 Å². The van der Waals surface area contributed by atoms with Gasteiger partial charge in [0.1, 0.15) is 0 Å². The lowest BCUT2D eigenvalue weighted by atomic mass is 10.1. The maximum atomic E-state index is 4.58. The van der Waals surface area contributed by atoms with Crippen molar-refractivity contribution in [3.8, 4) is 0 Å². The predicted molar refractivity (Wildman–Crippen MR) is 83.6 cm³/mol. The van der Waals surface area contributed by atoms with Crippen molar-refractivity contribution < 1.29 is 0 Å². The van der Waals surface area contributed by atoms with E-state index in [2.05, 4.69) is 54.4 Å². The van der Waals surface area contributed by atoms with Crippen molar-refractivity contribution >= 4 is 18.0 Å². The average molecular weight is 249 g/mol. The zero-order valence-electron chi connectivity index (χ0n) is 11.5. The maximum Gasteiger partial charge on any atom is 0.0776 e. The van der Waals surface area contributed by atoms with Gasteiger partial charge in [0.05, 0.1) is 5.70 Å². The topological polar surface area (TPSA) is 12.4 Å². The highest BCUT2D eigenvalue weighted by molar-refractivity contribution is 5.72. The summed E-state index contributed by atoms with van der Waals surface area (Å²) >= 11 is 0. The highest BCUT2D eigenvalue weighted by Crippen LogP contribution is 2.10. The minimum absolute atomic E-state index is 1.02. The molecule has 0 aliphatic heterocycles. The van der Waals surface area contributed by atoms with Crippen LogP contribution in [0.5, 0.6) is 0 Å². The summed E-state index contributed by atoms with van der Waals surface area (Å²) in [4.78, 5) is 4.58. The van der Waals surface area contributed by atoms with Crippen LogP contribution >= 0.6 is 0 Å². The third kappa shape index (κ3) is 3.19. The van der Waals surface area contributed by atoms with E-state index >= 15 is 0 Å². The fourth-order valence-corrected chi connectivity index (χ4v) is 2.14. The lowest BCUT2D eigenvalue weighted by Crippen LogP contribution is -2.26. The molecule has 0 radical (unpaired) electrons. The monoisotopic (exact) mass is 249 g/mol. The average Bonchev–Trinajstić information content (AvgIpc) is 2.47. The number of hydrogen-bond donors (Lipinski definition) is 0. The Labute approximate surface area is 114 Å². The Morgan fingerprint density at radius 2 is 1.68 bits per heavy atom. The molecule has 0 fully saturated rings. The molecular formula is C18H19N. The molecule has 2 rings (SSSR count). The first kappa shape index (κ1) is 13.3. The molecule has 2 aromatic rings. The Balaban J connectivity index is 2.82. The summed E-state index contributed by atoms with van der Waals surface area (Å²) in [7, 11) is 0. The van der Waals surface area contributed by atoms with Gasteiger partial charge in [-0.25, -0.2) is 0 Å². The number of rotatable bonds is 3. The molecule has 0 aromatic heterocycles. The van der Waals surface area contributed by atoms with E-state index in [0.717, 1.165) is 17.7 Å². The van der Waals surface area contributed by atoms with Crippen LogP contribution in [0.3, 0.4) is 0 Å². The van der Waals surface area contributed by atoms with Gasteiger partial charge in [0, 0.05) is 17.0 Å². The van der Waals surface area contributed by atoms with Gasteiger partial charge in [0.2, 0.25) is 0 Å². The van der Waals surface area contributed by atoms with Crippen molar-refractivity contribution in [2.45, 2.75) is 20.3 Å². The second kappa shape index (κ2) is 6.69. The quantitative estimate of drug-likeness (QED) is 0.741. The molecule has 0 heterocycles. The van der Waals surface area contributed by atoms with Crippen LogP contribution in [0.25, 0.3) is 11.8 Å². The molecule has 19 heavy (non-hydrogen) atoms. The summed E-state index contributed by atoms with van der Waals surface area (Å²) in [5.74, 6) is 0. The number of hydrogen-bond acceptors (Lipinski definition) is 1. The van der Waals surface area contributed by atoms with Crippen molar-refractivity contribution in [1.82, 2.24) is 0 Å². The minimum Gasteiger partial charge on any atom is -0.260 e. The van der Waals surface area contributed by atoms with Gasteiger partial charge in [0.15, 0.2) is 0 Å². The Bertz CT molecular complexity index is 666. The van der Waals surface area contributed by atoms with Crippen LogP contribution in [0.15, 0.2) is 59.6 Å². The largest absolute Gasteiger partial charge is 0.260 e. The zero-order valence-corrected chi connectivity index (χ0v) is 11.5. The van der Waals surface area contributed by atoms with Gasteiger partial charge in [-0.2, -0.15) is 0 Å². The Morgan fingerprint density at radius 1 is 1.00 bits per heavy atom. The second-order valence-corrected chi connectivity index (χ2v) is 4.30. The van der Waals surface area contributed by atoms with Gasteiger partial charge < -0.3 is 0 Å². The third-order valence-electron chi connectivity index (χ3n) is 2.95. The van der Waals surface area contributed by atoms with E-state index in [4.69, 9.17) is 0 Å². The molecule has 96 valence electrons. The van der Waals surface area contributed by atoms with Gasteiger partial charge in [0.25, 0.3) is 0 Å². The zero-order chi connectivity index (χ0) is 13.5. The van der Waals surface area contributed by atoms with Crippen molar-refractivity contribution in [2.75, 3.05) is 0 Å². The van der Waals surface area contributed by atoms with E-state index in [1.165, 1.54) is 10.4 Å². The highest BCUT2D eigenvalue weighted by Gasteiger charge is 2.00. The first-order valence-corrected chi connectivity index (χ1v) is 6.70. The van der Waals surface area contributed by atoms with E-state index in [9.17, 15) is 0 Å². The van der Waals surface area contributed by atoms with E-state index in [1.54, 1.807) is 0 Å². The first-order valence-electron chi connectivity index (χ1n) is 6.70. The minimum atomic E-state index is 1.02. The Kier molecular flexibility index (Phi) is 4.68. The van der Waals surface area contributed by atoms with E-state index in [-0.39, 0.29) is 0 Å². The maximum absolute atomic E-state index is 4.58. The number of benzene rings is 2. The number of aliphatic imine (C=N–C) groups is 1. The normalized spacial score (nSPS) is 13.9. The Hall–Kier alpha value is -2.15. The first-order chi connectivity index (χ1) is 9.36. The second-order valence-electron chi connectivity index (χ2n) is 4.30. The number of nitrogens with zero attached hydrogens (tertiary/aromatic N) is 1.